The maximum Gasteiger partial charge on any atom is 0.221 e. The molecule has 1 amide bonds. The minimum atomic E-state index is 0.115. The molecule has 0 bridgehead atoms. The molecule has 3 nitrogen and oxygen atoms in total. The third kappa shape index (κ3) is 12.1. The summed E-state index contributed by atoms with van der Waals surface area (Å²) < 4.78 is 0. The van der Waals surface area contributed by atoms with Crippen molar-refractivity contribution in [2.45, 2.75) is 40.2 Å². The van der Waals surface area contributed by atoms with Crippen LogP contribution in [0.15, 0.2) is 0 Å². The molecule has 2 N–H and O–H groups in total. The summed E-state index contributed by atoms with van der Waals surface area (Å²) in [6, 6.07) is 0.254. The fourth-order valence-corrected chi connectivity index (χ4v) is 0.633. The van der Waals surface area contributed by atoms with Gasteiger partial charge in [-0.15, -0.1) is 0 Å². The molecule has 0 aromatic rings. The van der Waals surface area contributed by atoms with Crippen molar-refractivity contribution in [3.63, 3.8) is 0 Å². The molecule has 0 saturated carbocycles. The first-order chi connectivity index (χ1) is 5.66. The highest BCUT2D eigenvalue weighted by molar-refractivity contribution is 5.76. The van der Waals surface area contributed by atoms with Crippen LogP contribution in [-0.4, -0.2) is 25.5 Å². The van der Waals surface area contributed by atoms with Gasteiger partial charge in [0.05, 0.1) is 0 Å². The topological polar surface area (TPSA) is 41.1 Å². The maximum absolute atomic E-state index is 10.9. The molecule has 0 radical (unpaired) electrons. The third-order valence-electron chi connectivity index (χ3n) is 1.05. The molecule has 0 fully saturated rings. The van der Waals surface area contributed by atoms with Crippen molar-refractivity contribution in [1.29, 1.82) is 0 Å². The largest absolute Gasteiger partial charge is 0.354 e. The Morgan fingerprint density at radius 1 is 1.33 bits per heavy atom. The minimum absolute atomic E-state index is 0.115. The van der Waals surface area contributed by atoms with Crippen LogP contribution < -0.4 is 10.6 Å². The van der Waals surface area contributed by atoms with E-state index in [0.29, 0.717) is 6.42 Å². The zero-order chi connectivity index (χ0) is 9.98. The van der Waals surface area contributed by atoms with Crippen LogP contribution in [0.2, 0.25) is 0 Å². The highest BCUT2D eigenvalue weighted by Crippen LogP contribution is 1.80. The summed E-state index contributed by atoms with van der Waals surface area (Å²) in [5.74, 6) is 0.115. The van der Waals surface area contributed by atoms with Crippen LogP contribution in [0.1, 0.15) is 34.1 Å². The zero-order valence-corrected chi connectivity index (χ0v) is 8.90. The molecule has 0 rings (SSSR count). The van der Waals surface area contributed by atoms with E-state index in [2.05, 4.69) is 10.6 Å². The van der Waals surface area contributed by atoms with E-state index >= 15 is 0 Å². The molecule has 0 atom stereocenters. The van der Waals surface area contributed by atoms with E-state index in [-0.39, 0.29) is 11.9 Å². The molecule has 0 unspecified atom stereocenters. The molecule has 0 spiro atoms. The van der Waals surface area contributed by atoms with E-state index in [1.54, 1.807) is 0 Å². The van der Waals surface area contributed by atoms with E-state index in [0.717, 1.165) is 6.54 Å². The number of amides is 1. The van der Waals surface area contributed by atoms with Crippen LogP contribution in [0.4, 0.5) is 0 Å². The lowest BCUT2D eigenvalue weighted by atomic mass is 10.3. The van der Waals surface area contributed by atoms with Crippen molar-refractivity contribution in [1.82, 2.24) is 10.6 Å². The molecule has 0 heterocycles. The SMILES string of the molecule is CC.CNCCC(=O)NC(C)C. The first kappa shape index (κ1) is 14.0. The van der Waals surface area contributed by atoms with Gasteiger partial charge in [-0.05, 0) is 20.9 Å². The van der Waals surface area contributed by atoms with Gasteiger partial charge in [0.25, 0.3) is 0 Å². The second-order valence-electron chi connectivity index (χ2n) is 2.58. The van der Waals surface area contributed by atoms with Crippen molar-refractivity contribution >= 4 is 5.91 Å². The Bertz CT molecular complexity index is 103. The fourth-order valence-electron chi connectivity index (χ4n) is 0.633. The van der Waals surface area contributed by atoms with E-state index in [4.69, 9.17) is 0 Å². The predicted octanol–water partition coefficient (Wildman–Crippen LogP) is 1.15. The lowest BCUT2D eigenvalue weighted by Gasteiger charge is -2.06. The number of hydrogen-bond donors (Lipinski definition) is 2. The molecule has 74 valence electrons. The standard InChI is InChI=1S/C7H16N2O.C2H6/c1-6(2)9-7(10)4-5-8-3;1-2/h6,8H,4-5H2,1-3H3,(H,9,10);1-2H3. The van der Waals surface area contributed by atoms with Gasteiger partial charge in [-0.2, -0.15) is 0 Å². The molecule has 0 aromatic carbocycles. The summed E-state index contributed by atoms with van der Waals surface area (Å²) >= 11 is 0. The van der Waals surface area contributed by atoms with Crippen LogP contribution in [0.3, 0.4) is 0 Å². The minimum Gasteiger partial charge on any atom is -0.354 e. The maximum atomic E-state index is 10.9. The molecule has 12 heavy (non-hydrogen) atoms. The average Bonchev–Trinajstić information content (AvgIpc) is 2.03. The van der Waals surface area contributed by atoms with Gasteiger partial charge >= 0.3 is 0 Å². The van der Waals surface area contributed by atoms with Gasteiger partial charge in [-0.25, -0.2) is 0 Å². The van der Waals surface area contributed by atoms with Crippen molar-refractivity contribution in [2.24, 2.45) is 0 Å². The Balaban J connectivity index is 0. The number of carbonyl (C=O) groups is 1. The lowest BCUT2D eigenvalue weighted by molar-refractivity contribution is -0.121. The first-order valence-electron chi connectivity index (χ1n) is 4.60. The summed E-state index contributed by atoms with van der Waals surface area (Å²) in [6.07, 6.45) is 0.564. The van der Waals surface area contributed by atoms with Crippen molar-refractivity contribution < 1.29 is 4.79 Å². The molecule has 0 aliphatic heterocycles. The predicted molar refractivity (Wildman–Crippen MR) is 53.2 cm³/mol. The third-order valence-corrected chi connectivity index (χ3v) is 1.05. The molecular weight excluding hydrogens is 152 g/mol. The monoisotopic (exact) mass is 174 g/mol. The van der Waals surface area contributed by atoms with Gasteiger partial charge in [-0.3, -0.25) is 4.79 Å². The number of carbonyl (C=O) groups excluding carboxylic acids is 1. The molecule has 0 aliphatic rings. The van der Waals surface area contributed by atoms with E-state index < -0.39 is 0 Å². The summed E-state index contributed by atoms with van der Waals surface area (Å²) in [5.41, 5.74) is 0. The van der Waals surface area contributed by atoms with E-state index in [1.165, 1.54) is 0 Å². The lowest BCUT2D eigenvalue weighted by Crippen LogP contribution is -2.31. The van der Waals surface area contributed by atoms with Crippen LogP contribution in [0, 0.1) is 0 Å². The number of hydrogen-bond acceptors (Lipinski definition) is 2. The summed E-state index contributed by atoms with van der Waals surface area (Å²) in [6.45, 7) is 8.66. The first-order valence-corrected chi connectivity index (χ1v) is 4.60. The zero-order valence-electron chi connectivity index (χ0n) is 8.90. The highest BCUT2D eigenvalue weighted by atomic mass is 16.1. The quantitative estimate of drug-likeness (QED) is 0.671. The molecular formula is C9H22N2O. The highest BCUT2D eigenvalue weighted by Gasteiger charge is 2.00. The van der Waals surface area contributed by atoms with Crippen molar-refractivity contribution in [3.8, 4) is 0 Å². The van der Waals surface area contributed by atoms with Gasteiger partial charge in [0.15, 0.2) is 0 Å². The molecule has 0 saturated heterocycles. The molecule has 0 aliphatic carbocycles. The van der Waals surface area contributed by atoms with Crippen molar-refractivity contribution in [3.05, 3.63) is 0 Å². The molecule has 0 aromatic heterocycles. The Kier molecular flexibility index (Phi) is 12.2. The van der Waals surface area contributed by atoms with Crippen LogP contribution in [-0.2, 0) is 4.79 Å². The smallest absolute Gasteiger partial charge is 0.221 e. The Morgan fingerprint density at radius 2 is 1.83 bits per heavy atom. The van der Waals surface area contributed by atoms with Crippen LogP contribution >= 0.6 is 0 Å². The summed E-state index contributed by atoms with van der Waals surface area (Å²) in [7, 11) is 1.84. The normalized spacial score (nSPS) is 8.83. The van der Waals surface area contributed by atoms with E-state index in [9.17, 15) is 4.79 Å². The molecule has 3 heteroatoms. The second kappa shape index (κ2) is 10.4. The average molecular weight is 174 g/mol. The number of nitrogens with one attached hydrogen (secondary N) is 2. The van der Waals surface area contributed by atoms with Gasteiger partial charge in [-0.1, -0.05) is 13.8 Å². The fraction of sp³-hybridized carbons (Fsp3) is 0.889. The Hall–Kier alpha value is -0.570. The van der Waals surface area contributed by atoms with Crippen LogP contribution in [0.5, 0.6) is 0 Å². The Labute approximate surface area is 75.9 Å². The van der Waals surface area contributed by atoms with Gasteiger partial charge in [0.1, 0.15) is 0 Å². The number of rotatable bonds is 4. The van der Waals surface area contributed by atoms with Gasteiger partial charge in [0.2, 0.25) is 5.91 Å². The second-order valence-corrected chi connectivity index (χ2v) is 2.58. The van der Waals surface area contributed by atoms with Gasteiger partial charge < -0.3 is 10.6 Å². The Morgan fingerprint density at radius 3 is 2.17 bits per heavy atom. The van der Waals surface area contributed by atoms with E-state index in [1.807, 2.05) is 34.7 Å². The van der Waals surface area contributed by atoms with Crippen molar-refractivity contribution in [2.75, 3.05) is 13.6 Å². The van der Waals surface area contributed by atoms with Gasteiger partial charge in [0, 0.05) is 19.0 Å². The summed E-state index contributed by atoms with van der Waals surface area (Å²) in [5, 5.41) is 5.71. The van der Waals surface area contributed by atoms with Crippen LogP contribution in [0.25, 0.3) is 0 Å². The summed E-state index contributed by atoms with van der Waals surface area (Å²) in [4.78, 5) is 10.9.